The Morgan fingerprint density at radius 2 is 1.92 bits per heavy atom. The Bertz CT molecular complexity index is 657. The highest BCUT2D eigenvalue weighted by molar-refractivity contribution is 6.60. The minimum Gasteiger partial charge on any atom is -0.423 e. The fourth-order valence-electron chi connectivity index (χ4n) is 2.94. The van der Waals surface area contributed by atoms with Gasteiger partial charge in [-0.1, -0.05) is 26.8 Å². The Kier molecular flexibility index (Phi) is 6.18. The first-order valence-corrected chi connectivity index (χ1v) is 9.40. The van der Waals surface area contributed by atoms with Gasteiger partial charge in [-0.3, -0.25) is 4.79 Å². The van der Waals surface area contributed by atoms with Crippen molar-refractivity contribution in [2.45, 2.75) is 72.4 Å². The van der Waals surface area contributed by atoms with Gasteiger partial charge in [-0.25, -0.2) is 4.39 Å². The summed E-state index contributed by atoms with van der Waals surface area (Å²) in [6.07, 6.45) is 2.95. The fraction of sp³-hybridized carbons (Fsp3) is 0.650. The number of benzene rings is 1. The molecule has 0 spiro atoms. The van der Waals surface area contributed by atoms with Crippen molar-refractivity contribution >= 4 is 18.5 Å². The van der Waals surface area contributed by atoms with E-state index in [2.05, 4.69) is 0 Å². The largest absolute Gasteiger partial charge is 0.491 e. The van der Waals surface area contributed by atoms with E-state index in [1.54, 1.807) is 4.90 Å². The van der Waals surface area contributed by atoms with Gasteiger partial charge in [0.1, 0.15) is 5.82 Å². The number of nitrogens with zero attached hydrogens (tertiary/aromatic N) is 1. The average molecular weight is 363 g/mol. The Labute approximate surface area is 156 Å². The van der Waals surface area contributed by atoms with Crippen molar-refractivity contribution in [3.63, 3.8) is 0 Å². The maximum atomic E-state index is 14.3. The molecule has 1 saturated heterocycles. The second-order valence-corrected chi connectivity index (χ2v) is 8.81. The van der Waals surface area contributed by atoms with Crippen LogP contribution in [-0.2, 0) is 4.65 Å². The summed E-state index contributed by atoms with van der Waals surface area (Å²) >= 11 is 0. The van der Waals surface area contributed by atoms with Crippen LogP contribution in [0.25, 0.3) is 0 Å². The molecule has 1 atom stereocenters. The van der Waals surface area contributed by atoms with E-state index in [1.807, 2.05) is 41.5 Å². The van der Waals surface area contributed by atoms with Gasteiger partial charge >= 0.3 is 7.12 Å². The lowest BCUT2D eigenvalue weighted by Gasteiger charge is -2.40. The molecular weight excluding hydrogens is 332 g/mol. The fourth-order valence-corrected chi connectivity index (χ4v) is 2.94. The predicted octanol–water partition coefficient (Wildman–Crippen LogP) is 3.37. The molecular formula is C20H31BFNO3. The molecule has 1 amide bonds. The third kappa shape index (κ3) is 4.47. The number of likely N-dealkylation sites (tertiary alicyclic amines) is 1. The van der Waals surface area contributed by atoms with Crippen LogP contribution in [0.5, 0.6) is 0 Å². The average Bonchev–Trinajstić information content (AvgIpc) is 2.53. The SMILES string of the molecule is CC1CCCCN1C(=O)c1cc(B(O)OC(C)(C)C(C)(C)C)ccc1F. The minimum atomic E-state index is -1.23. The van der Waals surface area contributed by atoms with Gasteiger partial charge in [0, 0.05) is 12.6 Å². The van der Waals surface area contributed by atoms with Crippen LogP contribution in [0.3, 0.4) is 0 Å². The van der Waals surface area contributed by atoms with Crippen LogP contribution < -0.4 is 5.46 Å². The van der Waals surface area contributed by atoms with Gasteiger partial charge in [0.25, 0.3) is 5.91 Å². The Balaban J connectivity index is 2.25. The number of rotatable bonds is 4. The number of carbonyl (C=O) groups excluding carboxylic acids is 1. The maximum absolute atomic E-state index is 14.3. The zero-order valence-corrected chi connectivity index (χ0v) is 16.8. The first-order chi connectivity index (χ1) is 11.9. The molecule has 1 unspecified atom stereocenters. The molecule has 1 N–H and O–H groups in total. The molecule has 144 valence electrons. The van der Waals surface area contributed by atoms with Crippen LogP contribution in [0.15, 0.2) is 18.2 Å². The molecule has 0 aliphatic carbocycles. The van der Waals surface area contributed by atoms with E-state index in [0.29, 0.717) is 12.0 Å². The zero-order valence-electron chi connectivity index (χ0n) is 16.8. The van der Waals surface area contributed by atoms with Crippen molar-refractivity contribution in [3.05, 3.63) is 29.6 Å². The summed E-state index contributed by atoms with van der Waals surface area (Å²) in [5.41, 5.74) is -0.424. The second kappa shape index (κ2) is 7.69. The van der Waals surface area contributed by atoms with Gasteiger partial charge in [0.05, 0.1) is 11.2 Å². The van der Waals surface area contributed by atoms with Crippen molar-refractivity contribution in [2.24, 2.45) is 5.41 Å². The number of piperidine rings is 1. The summed E-state index contributed by atoms with van der Waals surface area (Å²) in [7, 11) is -1.23. The summed E-state index contributed by atoms with van der Waals surface area (Å²) < 4.78 is 20.2. The Hall–Kier alpha value is -1.40. The molecule has 0 aromatic heterocycles. The Morgan fingerprint density at radius 1 is 1.27 bits per heavy atom. The first kappa shape index (κ1) is 20.9. The molecule has 1 heterocycles. The third-order valence-electron chi connectivity index (χ3n) is 5.78. The number of halogens is 1. The molecule has 0 saturated carbocycles. The van der Waals surface area contributed by atoms with E-state index in [9.17, 15) is 14.2 Å². The summed E-state index contributed by atoms with van der Waals surface area (Å²) in [5.74, 6) is -0.891. The lowest BCUT2D eigenvalue weighted by molar-refractivity contribution is -0.0129. The van der Waals surface area contributed by atoms with Crippen molar-refractivity contribution in [3.8, 4) is 0 Å². The lowest BCUT2D eigenvalue weighted by Crippen LogP contribution is -2.48. The van der Waals surface area contributed by atoms with Crippen LogP contribution in [0.4, 0.5) is 4.39 Å². The Morgan fingerprint density at radius 3 is 2.50 bits per heavy atom. The van der Waals surface area contributed by atoms with E-state index < -0.39 is 18.5 Å². The predicted molar refractivity (Wildman–Crippen MR) is 103 cm³/mol. The molecule has 6 heteroatoms. The van der Waals surface area contributed by atoms with Crippen LogP contribution in [-0.4, -0.2) is 41.1 Å². The van der Waals surface area contributed by atoms with Crippen LogP contribution in [0.1, 0.15) is 71.2 Å². The molecule has 2 rings (SSSR count). The van der Waals surface area contributed by atoms with Crippen molar-refractivity contribution in [1.29, 1.82) is 0 Å². The summed E-state index contributed by atoms with van der Waals surface area (Å²) in [4.78, 5) is 14.5. The summed E-state index contributed by atoms with van der Waals surface area (Å²) in [6.45, 7) is 12.5. The molecule has 1 aromatic carbocycles. The lowest BCUT2D eigenvalue weighted by atomic mass is 9.73. The molecule has 4 nitrogen and oxygen atoms in total. The number of carbonyl (C=O) groups is 1. The van der Waals surface area contributed by atoms with Crippen molar-refractivity contribution in [2.75, 3.05) is 6.54 Å². The zero-order chi connectivity index (χ0) is 19.7. The van der Waals surface area contributed by atoms with Gasteiger partial charge in [-0.2, -0.15) is 0 Å². The highest BCUT2D eigenvalue weighted by Crippen LogP contribution is 2.33. The highest BCUT2D eigenvalue weighted by Gasteiger charge is 2.38. The second-order valence-electron chi connectivity index (χ2n) is 8.81. The molecule has 1 aromatic rings. The van der Waals surface area contributed by atoms with E-state index in [4.69, 9.17) is 4.65 Å². The van der Waals surface area contributed by atoms with E-state index in [-0.39, 0.29) is 22.9 Å². The van der Waals surface area contributed by atoms with Crippen LogP contribution in [0.2, 0.25) is 0 Å². The molecule has 0 radical (unpaired) electrons. The summed E-state index contributed by atoms with van der Waals surface area (Å²) in [6, 6.07) is 4.21. The number of hydrogen-bond acceptors (Lipinski definition) is 3. The van der Waals surface area contributed by atoms with Gasteiger partial charge in [-0.15, -0.1) is 0 Å². The molecule has 1 fully saturated rings. The van der Waals surface area contributed by atoms with Crippen molar-refractivity contribution < 1.29 is 18.9 Å². The highest BCUT2D eigenvalue weighted by atomic mass is 19.1. The smallest absolute Gasteiger partial charge is 0.423 e. The standard InChI is InChI=1S/C20H31BFNO3/c1-14-9-7-8-12-23(14)18(24)16-13-15(10-11-17(16)22)21(25)26-20(5,6)19(2,3)4/h10-11,13-14,25H,7-9,12H2,1-6H3. The number of amides is 1. The van der Waals surface area contributed by atoms with Gasteiger partial charge in [0.2, 0.25) is 0 Å². The van der Waals surface area contributed by atoms with E-state index in [1.165, 1.54) is 18.2 Å². The molecule has 1 aliphatic rings. The monoisotopic (exact) mass is 363 g/mol. The molecule has 26 heavy (non-hydrogen) atoms. The van der Waals surface area contributed by atoms with Gasteiger partial charge in [0.15, 0.2) is 0 Å². The minimum absolute atomic E-state index is 0.00698. The molecule has 1 aliphatic heterocycles. The molecule has 0 bridgehead atoms. The van der Waals surface area contributed by atoms with Gasteiger partial charge < -0.3 is 14.6 Å². The topological polar surface area (TPSA) is 49.8 Å². The maximum Gasteiger partial charge on any atom is 0.491 e. The summed E-state index contributed by atoms with van der Waals surface area (Å²) in [5, 5.41) is 10.5. The van der Waals surface area contributed by atoms with Crippen LogP contribution in [0, 0.1) is 11.2 Å². The van der Waals surface area contributed by atoms with E-state index >= 15 is 0 Å². The quantitative estimate of drug-likeness (QED) is 0.835. The van der Waals surface area contributed by atoms with E-state index in [0.717, 1.165) is 19.3 Å². The number of hydrogen-bond donors (Lipinski definition) is 1. The van der Waals surface area contributed by atoms with Gasteiger partial charge in [-0.05, 0) is 63.0 Å². The first-order valence-electron chi connectivity index (χ1n) is 9.40. The third-order valence-corrected chi connectivity index (χ3v) is 5.78. The normalized spacial score (nSPS) is 18.8. The van der Waals surface area contributed by atoms with Crippen molar-refractivity contribution in [1.82, 2.24) is 4.90 Å². The van der Waals surface area contributed by atoms with Crippen LogP contribution >= 0.6 is 0 Å².